The average Bonchev–Trinajstić information content (AvgIpc) is 2.79. The SMILES string of the molecule is CNCCCN(C)C(=O)CCn1cccn1. The van der Waals surface area contributed by atoms with Crippen LogP contribution in [0.15, 0.2) is 18.5 Å². The lowest BCUT2D eigenvalue weighted by Crippen LogP contribution is -2.30. The van der Waals surface area contributed by atoms with Crippen molar-refractivity contribution in [2.24, 2.45) is 0 Å². The molecule has 1 heterocycles. The molecule has 5 nitrogen and oxygen atoms in total. The van der Waals surface area contributed by atoms with E-state index in [9.17, 15) is 4.79 Å². The number of hydrogen-bond acceptors (Lipinski definition) is 3. The van der Waals surface area contributed by atoms with Crippen molar-refractivity contribution in [2.45, 2.75) is 19.4 Å². The van der Waals surface area contributed by atoms with Gasteiger partial charge in [-0.05, 0) is 26.1 Å². The highest BCUT2D eigenvalue weighted by atomic mass is 16.2. The molecule has 1 N–H and O–H groups in total. The van der Waals surface area contributed by atoms with Gasteiger partial charge < -0.3 is 10.2 Å². The molecule has 1 amide bonds. The van der Waals surface area contributed by atoms with Crippen LogP contribution in [0, 0.1) is 0 Å². The van der Waals surface area contributed by atoms with Gasteiger partial charge in [0.25, 0.3) is 0 Å². The second-order valence-corrected chi connectivity index (χ2v) is 3.79. The third-order valence-corrected chi connectivity index (χ3v) is 2.46. The fraction of sp³-hybridized carbons (Fsp3) is 0.636. The Balaban J connectivity index is 2.18. The van der Waals surface area contributed by atoms with Gasteiger partial charge in [-0.15, -0.1) is 0 Å². The molecule has 0 radical (unpaired) electrons. The summed E-state index contributed by atoms with van der Waals surface area (Å²) in [6, 6.07) is 1.86. The van der Waals surface area contributed by atoms with Gasteiger partial charge in [0, 0.05) is 39.0 Å². The predicted octanol–water partition coefficient (Wildman–Crippen LogP) is 0.341. The summed E-state index contributed by atoms with van der Waals surface area (Å²) in [5.74, 6) is 0.173. The number of aromatic nitrogens is 2. The highest BCUT2D eigenvalue weighted by Crippen LogP contribution is 1.96. The van der Waals surface area contributed by atoms with E-state index in [2.05, 4.69) is 10.4 Å². The van der Waals surface area contributed by atoms with Crippen molar-refractivity contribution in [3.05, 3.63) is 18.5 Å². The highest BCUT2D eigenvalue weighted by Gasteiger charge is 2.07. The summed E-state index contributed by atoms with van der Waals surface area (Å²) >= 11 is 0. The molecule has 1 aromatic rings. The lowest BCUT2D eigenvalue weighted by molar-refractivity contribution is -0.130. The van der Waals surface area contributed by atoms with Gasteiger partial charge in [0.15, 0.2) is 0 Å². The molecule has 90 valence electrons. The first-order valence-corrected chi connectivity index (χ1v) is 5.60. The Hall–Kier alpha value is -1.36. The molecule has 0 aliphatic rings. The molecule has 0 aliphatic carbocycles. The monoisotopic (exact) mass is 224 g/mol. The van der Waals surface area contributed by atoms with Crippen LogP contribution in [-0.2, 0) is 11.3 Å². The van der Waals surface area contributed by atoms with E-state index in [1.54, 1.807) is 15.8 Å². The second-order valence-electron chi connectivity index (χ2n) is 3.79. The highest BCUT2D eigenvalue weighted by molar-refractivity contribution is 5.75. The first kappa shape index (κ1) is 12.7. The van der Waals surface area contributed by atoms with Crippen molar-refractivity contribution in [1.29, 1.82) is 0 Å². The van der Waals surface area contributed by atoms with Gasteiger partial charge >= 0.3 is 0 Å². The maximum Gasteiger partial charge on any atom is 0.224 e. The molecule has 5 heteroatoms. The minimum atomic E-state index is 0.173. The van der Waals surface area contributed by atoms with Crippen molar-refractivity contribution in [3.8, 4) is 0 Å². The number of carbonyl (C=O) groups is 1. The van der Waals surface area contributed by atoms with E-state index in [0.29, 0.717) is 13.0 Å². The van der Waals surface area contributed by atoms with Crippen LogP contribution in [0.1, 0.15) is 12.8 Å². The zero-order valence-electron chi connectivity index (χ0n) is 10.0. The maximum atomic E-state index is 11.7. The van der Waals surface area contributed by atoms with Crippen molar-refractivity contribution in [2.75, 3.05) is 27.2 Å². The molecule has 0 aromatic carbocycles. The molecule has 0 atom stereocenters. The fourth-order valence-corrected chi connectivity index (χ4v) is 1.45. The van der Waals surface area contributed by atoms with Crippen LogP contribution in [0.25, 0.3) is 0 Å². The predicted molar refractivity (Wildman–Crippen MR) is 63.0 cm³/mol. The molecule has 0 fully saturated rings. The van der Waals surface area contributed by atoms with Crippen LogP contribution in [0.5, 0.6) is 0 Å². The summed E-state index contributed by atoms with van der Waals surface area (Å²) < 4.78 is 1.78. The second kappa shape index (κ2) is 7.00. The quantitative estimate of drug-likeness (QED) is 0.680. The van der Waals surface area contributed by atoms with E-state index in [1.807, 2.05) is 26.4 Å². The molecule has 0 aliphatic heterocycles. The van der Waals surface area contributed by atoms with Crippen molar-refractivity contribution in [3.63, 3.8) is 0 Å². The number of rotatable bonds is 7. The van der Waals surface area contributed by atoms with Gasteiger partial charge in [-0.3, -0.25) is 9.48 Å². The molecular weight excluding hydrogens is 204 g/mol. The van der Waals surface area contributed by atoms with E-state index in [0.717, 1.165) is 19.5 Å². The molecule has 0 spiro atoms. The molecular formula is C11H20N4O. The topological polar surface area (TPSA) is 50.2 Å². The van der Waals surface area contributed by atoms with Crippen LogP contribution in [0.3, 0.4) is 0 Å². The van der Waals surface area contributed by atoms with Crippen LogP contribution < -0.4 is 5.32 Å². The summed E-state index contributed by atoms with van der Waals surface area (Å²) in [4.78, 5) is 13.5. The Morgan fingerprint density at radius 1 is 1.56 bits per heavy atom. The van der Waals surface area contributed by atoms with Crippen LogP contribution in [0.2, 0.25) is 0 Å². The summed E-state index contributed by atoms with van der Waals surface area (Å²) in [6.45, 7) is 2.40. The zero-order chi connectivity index (χ0) is 11.8. The summed E-state index contributed by atoms with van der Waals surface area (Å²) in [5.41, 5.74) is 0. The normalized spacial score (nSPS) is 10.4. The van der Waals surface area contributed by atoms with E-state index in [-0.39, 0.29) is 5.91 Å². The largest absolute Gasteiger partial charge is 0.346 e. The van der Waals surface area contributed by atoms with Gasteiger partial charge in [0.05, 0.1) is 0 Å². The van der Waals surface area contributed by atoms with Crippen molar-refractivity contribution in [1.82, 2.24) is 20.0 Å². The van der Waals surface area contributed by atoms with E-state index >= 15 is 0 Å². The minimum Gasteiger partial charge on any atom is -0.346 e. The van der Waals surface area contributed by atoms with E-state index < -0.39 is 0 Å². The van der Waals surface area contributed by atoms with Gasteiger partial charge in [-0.1, -0.05) is 0 Å². The molecule has 1 aromatic heterocycles. The number of nitrogens with one attached hydrogen (secondary N) is 1. The standard InChI is InChI=1S/C11H20N4O/c1-12-6-3-8-14(2)11(16)5-10-15-9-4-7-13-15/h4,7,9,12H,3,5-6,8,10H2,1-2H3. The Bertz CT molecular complexity index is 297. The van der Waals surface area contributed by atoms with Gasteiger partial charge in [-0.25, -0.2) is 0 Å². The number of aryl methyl sites for hydroxylation is 1. The number of carbonyl (C=O) groups excluding carboxylic acids is 1. The Labute approximate surface area is 96.4 Å². The van der Waals surface area contributed by atoms with E-state index in [4.69, 9.17) is 0 Å². The fourth-order valence-electron chi connectivity index (χ4n) is 1.45. The first-order valence-electron chi connectivity index (χ1n) is 5.60. The average molecular weight is 224 g/mol. The van der Waals surface area contributed by atoms with Gasteiger partial charge in [-0.2, -0.15) is 5.10 Å². The molecule has 1 rings (SSSR count). The third-order valence-electron chi connectivity index (χ3n) is 2.46. The zero-order valence-corrected chi connectivity index (χ0v) is 10.0. The van der Waals surface area contributed by atoms with Crippen LogP contribution in [-0.4, -0.2) is 47.8 Å². The van der Waals surface area contributed by atoms with Gasteiger partial charge in [0.2, 0.25) is 5.91 Å². The molecule has 0 saturated carbocycles. The Morgan fingerprint density at radius 2 is 2.38 bits per heavy atom. The number of hydrogen-bond donors (Lipinski definition) is 1. The maximum absolute atomic E-state index is 11.7. The first-order chi connectivity index (χ1) is 7.74. The molecule has 0 saturated heterocycles. The Kier molecular flexibility index (Phi) is 5.56. The lowest BCUT2D eigenvalue weighted by atomic mass is 10.3. The smallest absolute Gasteiger partial charge is 0.224 e. The minimum absolute atomic E-state index is 0.173. The van der Waals surface area contributed by atoms with Crippen molar-refractivity contribution < 1.29 is 4.79 Å². The van der Waals surface area contributed by atoms with Crippen molar-refractivity contribution >= 4 is 5.91 Å². The number of amides is 1. The van der Waals surface area contributed by atoms with Crippen LogP contribution >= 0.6 is 0 Å². The van der Waals surface area contributed by atoms with Crippen LogP contribution in [0.4, 0.5) is 0 Å². The summed E-state index contributed by atoms with van der Waals surface area (Å²) in [6.07, 6.45) is 5.09. The molecule has 0 unspecified atom stereocenters. The van der Waals surface area contributed by atoms with Gasteiger partial charge in [0.1, 0.15) is 0 Å². The van der Waals surface area contributed by atoms with E-state index in [1.165, 1.54) is 0 Å². The molecule has 0 bridgehead atoms. The Morgan fingerprint density at radius 3 is 3.00 bits per heavy atom. The molecule has 16 heavy (non-hydrogen) atoms. The summed E-state index contributed by atoms with van der Waals surface area (Å²) in [7, 11) is 3.76. The number of nitrogens with zero attached hydrogens (tertiary/aromatic N) is 3. The summed E-state index contributed by atoms with van der Waals surface area (Å²) in [5, 5.41) is 7.12. The lowest BCUT2D eigenvalue weighted by Gasteiger charge is -2.16. The third kappa shape index (κ3) is 4.44.